The molecule has 0 aliphatic rings. The molecule has 0 saturated carbocycles. The van der Waals surface area contributed by atoms with Gasteiger partial charge in [-0.2, -0.15) is 0 Å². The Morgan fingerprint density at radius 3 is 2.29 bits per heavy atom. The molecule has 1 aromatic heterocycles. The number of aliphatic imine (C=N–C) groups is 1. The number of anilines is 2. The lowest BCUT2D eigenvalue weighted by atomic mass is 10.2. The van der Waals surface area contributed by atoms with E-state index in [1.54, 1.807) is 36.4 Å². The van der Waals surface area contributed by atoms with Crippen molar-refractivity contribution in [2.24, 2.45) is 10.7 Å². The van der Waals surface area contributed by atoms with Gasteiger partial charge in [-0.1, -0.05) is 23.7 Å². The van der Waals surface area contributed by atoms with E-state index in [1.807, 2.05) is 30.5 Å². The fraction of sp³-hybridized carbons (Fsp3) is 0.0526. The van der Waals surface area contributed by atoms with Gasteiger partial charge in [0.25, 0.3) is 0 Å². The second-order valence-electron chi connectivity index (χ2n) is 5.56. The fourth-order valence-corrected chi connectivity index (χ4v) is 3.01. The first kappa shape index (κ1) is 23.8. The largest absolute Gasteiger partial charge is 0.383 e. The summed E-state index contributed by atoms with van der Waals surface area (Å²) in [6, 6.07) is 16.0. The lowest BCUT2D eigenvalue weighted by Crippen LogP contribution is -2.19. The van der Waals surface area contributed by atoms with E-state index in [0.717, 1.165) is 10.4 Å². The van der Waals surface area contributed by atoms with Crippen LogP contribution >= 0.6 is 47.8 Å². The molecule has 0 unspecified atom stereocenters. The molecular weight excluding hydrogens is 439 g/mol. The predicted molar refractivity (Wildman–Crippen MR) is 124 cm³/mol. The van der Waals surface area contributed by atoms with Crippen LogP contribution < -0.4 is 16.4 Å². The van der Waals surface area contributed by atoms with E-state index in [9.17, 15) is 4.79 Å². The number of halogens is 3. The van der Waals surface area contributed by atoms with Crippen LogP contribution in [0.3, 0.4) is 0 Å². The van der Waals surface area contributed by atoms with E-state index >= 15 is 0 Å². The number of urea groups is 1. The normalized spacial score (nSPS) is 10.4. The summed E-state index contributed by atoms with van der Waals surface area (Å²) in [5.41, 5.74) is 8.91. The third-order valence-corrected chi connectivity index (χ3v) is 4.88. The van der Waals surface area contributed by atoms with Gasteiger partial charge in [-0.3, -0.25) is 0 Å². The second-order valence-corrected chi connectivity index (χ2v) is 6.92. The highest BCUT2D eigenvalue weighted by atomic mass is 35.5. The monoisotopic (exact) mass is 456 g/mol. The van der Waals surface area contributed by atoms with E-state index < -0.39 is 0 Å². The molecule has 2 aromatic carbocycles. The summed E-state index contributed by atoms with van der Waals surface area (Å²) in [7, 11) is 0. The van der Waals surface area contributed by atoms with Crippen LogP contribution in [0.5, 0.6) is 0 Å². The number of benzene rings is 2. The summed E-state index contributed by atoms with van der Waals surface area (Å²) in [6.45, 7) is 1.90. The number of nitrogens with two attached hydrogens (primary N) is 1. The highest BCUT2D eigenvalue weighted by Gasteiger charge is 2.05. The van der Waals surface area contributed by atoms with Gasteiger partial charge in [0.1, 0.15) is 5.84 Å². The third-order valence-electron chi connectivity index (χ3n) is 3.58. The minimum atomic E-state index is -0.348. The molecule has 0 aliphatic heterocycles. The van der Waals surface area contributed by atoms with Crippen LogP contribution in [0, 0.1) is 6.92 Å². The van der Waals surface area contributed by atoms with Gasteiger partial charge >= 0.3 is 6.03 Å². The molecule has 0 spiro atoms. The molecule has 148 valence electrons. The zero-order valence-corrected chi connectivity index (χ0v) is 18.0. The van der Waals surface area contributed by atoms with Crippen molar-refractivity contribution >= 4 is 76.7 Å². The quantitative estimate of drug-likeness (QED) is 0.320. The van der Waals surface area contributed by atoms with Gasteiger partial charge in [-0.25, -0.2) is 9.79 Å². The van der Waals surface area contributed by atoms with Crippen molar-refractivity contribution in [2.75, 3.05) is 10.6 Å². The van der Waals surface area contributed by atoms with Crippen molar-refractivity contribution in [2.45, 2.75) is 6.92 Å². The molecular formula is C19H19Cl3N4OS. The first-order valence-electron chi connectivity index (χ1n) is 7.83. The standard InChI is InChI=1S/C19H17ClN4OS.2ClH/c1-12-4-5-15(11-16(12)20)24-19(25)23-14-8-6-13(7-9-14)22-18(21)17-3-2-10-26-17;;/h2-11H,1H3,(H2,21,22)(H2,23,24,25);2*1H. The average molecular weight is 458 g/mol. The molecule has 0 aliphatic carbocycles. The molecule has 28 heavy (non-hydrogen) atoms. The van der Waals surface area contributed by atoms with Crippen LogP contribution in [0.1, 0.15) is 10.4 Å². The van der Waals surface area contributed by atoms with Crippen LogP contribution in [0.4, 0.5) is 21.9 Å². The summed E-state index contributed by atoms with van der Waals surface area (Å²) < 4.78 is 0. The molecule has 1 heterocycles. The Morgan fingerprint density at radius 1 is 1.04 bits per heavy atom. The van der Waals surface area contributed by atoms with E-state index in [2.05, 4.69) is 15.6 Å². The molecule has 9 heteroatoms. The van der Waals surface area contributed by atoms with Crippen molar-refractivity contribution in [3.63, 3.8) is 0 Å². The van der Waals surface area contributed by atoms with Gasteiger partial charge in [0, 0.05) is 16.4 Å². The Bertz CT molecular complexity index is 944. The number of hydrogen-bond donors (Lipinski definition) is 3. The van der Waals surface area contributed by atoms with Gasteiger partial charge in [0.2, 0.25) is 0 Å². The van der Waals surface area contributed by atoms with Gasteiger partial charge in [-0.15, -0.1) is 36.2 Å². The SMILES string of the molecule is Cc1ccc(NC(=O)Nc2ccc(N=C(N)c3cccs3)cc2)cc1Cl.Cl.Cl. The molecule has 2 amide bonds. The topological polar surface area (TPSA) is 79.5 Å². The van der Waals surface area contributed by atoms with Crippen LogP contribution in [0.2, 0.25) is 5.02 Å². The number of nitrogens with one attached hydrogen (secondary N) is 2. The summed E-state index contributed by atoms with van der Waals surface area (Å²) in [5, 5.41) is 8.06. The highest BCUT2D eigenvalue weighted by molar-refractivity contribution is 7.12. The van der Waals surface area contributed by atoms with Crippen LogP contribution in [0.15, 0.2) is 65.0 Å². The van der Waals surface area contributed by atoms with Crippen LogP contribution in [-0.2, 0) is 0 Å². The number of amides is 2. The predicted octanol–water partition coefficient (Wildman–Crippen LogP) is 6.23. The fourth-order valence-electron chi connectivity index (χ4n) is 2.20. The molecule has 0 radical (unpaired) electrons. The smallest absolute Gasteiger partial charge is 0.323 e. The van der Waals surface area contributed by atoms with Crippen molar-refractivity contribution in [1.82, 2.24) is 0 Å². The first-order chi connectivity index (χ1) is 12.5. The van der Waals surface area contributed by atoms with Crippen LogP contribution in [-0.4, -0.2) is 11.9 Å². The molecule has 3 rings (SSSR count). The minimum Gasteiger partial charge on any atom is -0.383 e. The molecule has 0 saturated heterocycles. The number of amidine groups is 1. The molecule has 5 nitrogen and oxygen atoms in total. The van der Waals surface area contributed by atoms with E-state index in [1.165, 1.54) is 11.3 Å². The molecule has 3 aromatic rings. The van der Waals surface area contributed by atoms with E-state index in [0.29, 0.717) is 27.9 Å². The zero-order chi connectivity index (χ0) is 18.5. The summed E-state index contributed by atoms with van der Waals surface area (Å²) in [4.78, 5) is 17.4. The summed E-state index contributed by atoms with van der Waals surface area (Å²) >= 11 is 7.59. The molecule has 0 fully saturated rings. The number of rotatable bonds is 4. The summed E-state index contributed by atoms with van der Waals surface area (Å²) in [6.07, 6.45) is 0. The number of carbonyl (C=O) groups is 1. The Morgan fingerprint density at radius 2 is 1.68 bits per heavy atom. The first-order valence-corrected chi connectivity index (χ1v) is 9.09. The van der Waals surface area contributed by atoms with Gasteiger partial charge in [0.15, 0.2) is 0 Å². The van der Waals surface area contributed by atoms with Gasteiger partial charge in [0.05, 0.1) is 10.6 Å². The average Bonchev–Trinajstić information content (AvgIpc) is 3.15. The molecule has 4 N–H and O–H groups in total. The van der Waals surface area contributed by atoms with E-state index in [-0.39, 0.29) is 30.8 Å². The number of carbonyl (C=O) groups excluding carboxylic acids is 1. The Kier molecular flexibility index (Phi) is 9.28. The van der Waals surface area contributed by atoms with Crippen molar-refractivity contribution in [1.29, 1.82) is 0 Å². The summed E-state index contributed by atoms with van der Waals surface area (Å²) in [5.74, 6) is 0.467. The molecule has 0 bridgehead atoms. The number of nitrogens with zero attached hydrogens (tertiary/aromatic N) is 1. The second kappa shape index (κ2) is 10.9. The lowest BCUT2D eigenvalue weighted by Gasteiger charge is -2.09. The maximum atomic E-state index is 12.1. The highest BCUT2D eigenvalue weighted by Crippen LogP contribution is 2.21. The number of hydrogen-bond acceptors (Lipinski definition) is 3. The van der Waals surface area contributed by atoms with Crippen molar-refractivity contribution < 1.29 is 4.79 Å². The lowest BCUT2D eigenvalue weighted by molar-refractivity contribution is 0.262. The maximum absolute atomic E-state index is 12.1. The number of aryl methyl sites for hydroxylation is 1. The number of thiophene rings is 1. The Hall–Kier alpha value is -2.25. The third kappa shape index (κ3) is 6.42. The Labute approximate surface area is 184 Å². The van der Waals surface area contributed by atoms with Crippen molar-refractivity contribution in [3.05, 3.63) is 75.4 Å². The molecule has 0 atom stereocenters. The van der Waals surface area contributed by atoms with Gasteiger partial charge in [-0.05, 0) is 60.3 Å². The van der Waals surface area contributed by atoms with Gasteiger partial charge < -0.3 is 16.4 Å². The van der Waals surface area contributed by atoms with E-state index in [4.69, 9.17) is 17.3 Å². The van der Waals surface area contributed by atoms with Crippen LogP contribution in [0.25, 0.3) is 0 Å². The Balaban J connectivity index is 0.00000196. The minimum absolute atomic E-state index is 0. The van der Waals surface area contributed by atoms with Crippen molar-refractivity contribution in [3.8, 4) is 0 Å². The maximum Gasteiger partial charge on any atom is 0.323 e. The zero-order valence-electron chi connectivity index (χ0n) is 14.8.